The maximum Gasteiger partial charge on any atom is 0.416 e. The van der Waals surface area contributed by atoms with Crippen LogP contribution in [0.3, 0.4) is 0 Å². The number of carbonyl (C=O) groups is 1. The average Bonchev–Trinajstić information content (AvgIpc) is 2.77. The standard InChI is InChI=1S/C23H21F3N2O4S/c1-16-13-20(11-12-21(16)32-2)33(30,31)28(19-9-4-3-5-10-19)15-22(29)27-18-8-6-7-17(14-18)23(24,25)26/h3-14H,15H2,1-2H3,(H,27,29). The molecule has 0 aromatic heterocycles. The monoisotopic (exact) mass is 478 g/mol. The zero-order valence-electron chi connectivity index (χ0n) is 17.8. The van der Waals surface area contributed by atoms with Gasteiger partial charge in [0.1, 0.15) is 12.3 Å². The van der Waals surface area contributed by atoms with E-state index in [-0.39, 0.29) is 16.3 Å². The van der Waals surface area contributed by atoms with E-state index >= 15 is 0 Å². The van der Waals surface area contributed by atoms with Crippen LogP contribution in [0.2, 0.25) is 0 Å². The van der Waals surface area contributed by atoms with Gasteiger partial charge in [0.2, 0.25) is 5.91 Å². The van der Waals surface area contributed by atoms with Crippen molar-refractivity contribution in [2.45, 2.75) is 18.0 Å². The Bertz CT molecular complexity index is 1250. The van der Waals surface area contributed by atoms with E-state index in [1.807, 2.05) is 0 Å². The number of alkyl halides is 3. The molecule has 3 aromatic carbocycles. The molecular formula is C23H21F3N2O4S. The van der Waals surface area contributed by atoms with Gasteiger partial charge in [-0.25, -0.2) is 8.42 Å². The number of ether oxygens (including phenoxy) is 1. The van der Waals surface area contributed by atoms with Crippen molar-refractivity contribution < 1.29 is 31.1 Å². The first-order chi connectivity index (χ1) is 15.5. The number of carbonyl (C=O) groups excluding carboxylic acids is 1. The summed E-state index contributed by atoms with van der Waals surface area (Å²) in [6.07, 6.45) is -4.58. The zero-order chi connectivity index (χ0) is 24.2. The molecule has 0 fully saturated rings. The highest BCUT2D eigenvalue weighted by molar-refractivity contribution is 7.92. The van der Waals surface area contributed by atoms with E-state index < -0.39 is 34.2 Å². The molecule has 0 saturated carbocycles. The number of methoxy groups -OCH3 is 1. The smallest absolute Gasteiger partial charge is 0.416 e. The molecule has 33 heavy (non-hydrogen) atoms. The van der Waals surface area contributed by atoms with Crippen molar-refractivity contribution in [3.63, 3.8) is 0 Å². The van der Waals surface area contributed by atoms with Crippen LogP contribution in [0.15, 0.2) is 77.7 Å². The lowest BCUT2D eigenvalue weighted by atomic mass is 10.2. The van der Waals surface area contributed by atoms with Gasteiger partial charge in [-0.15, -0.1) is 0 Å². The number of aryl methyl sites for hydroxylation is 1. The molecule has 0 radical (unpaired) electrons. The maximum absolute atomic E-state index is 13.4. The van der Waals surface area contributed by atoms with Crippen molar-refractivity contribution in [2.24, 2.45) is 0 Å². The quantitative estimate of drug-likeness (QED) is 0.527. The minimum atomic E-state index is -4.58. The third-order valence-electron chi connectivity index (χ3n) is 4.76. The van der Waals surface area contributed by atoms with Gasteiger partial charge in [0.05, 0.1) is 23.3 Å². The van der Waals surface area contributed by atoms with Crippen molar-refractivity contribution in [2.75, 3.05) is 23.3 Å². The molecule has 0 heterocycles. The molecule has 10 heteroatoms. The predicted octanol–water partition coefficient (Wildman–Crippen LogP) is 4.86. The molecule has 0 aliphatic carbocycles. The molecule has 3 aromatic rings. The number of anilines is 2. The molecule has 0 unspecified atom stereocenters. The first-order valence-corrected chi connectivity index (χ1v) is 11.2. The van der Waals surface area contributed by atoms with Crippen molar-refractivity contribution in [1.82, 2.24) is 0 Å². The second-order valence-corrected chi connectivity index (χ2v) is 8.97. The lowest BCUT2D eigenvalue weighted by Crippen LogP contribution is -2.38. The molecule has 0 aliphatic heterocycles. The van der Waals surface area contributed by atoms with Crippen LogP contribution in [0.5, 0.6) is 5.75 Å². The molecule has 0 aliphatic rings. The molecule has 0 bridgehead atoms. The van der Waals surface area contributed by atoms with Gasteiger partial charge in [-0.2, -0.15) is 13.2 Å². The Hall–Kier alpha value is -3.53. The Morgan fingerprint density at radius 2 is 1.70 bits per heavy atom. The number of halogens is 3. The molecule has 3 rings (SSSR count). The van der Waals surface area contributed by atoms with Crippen LogP contribution < -0.4 is 14.4 Å². The molecule has 174 valence electrons. The van der Waals surface area contributed by atoms with Crippen molar-refractivity contribution in [1.29, 1.82) is 0 Å². The highest BCUT2D eigenvalue weighted by Gasteiger charge is 2.31. The number of para-hydroxylation sites is 1. The Labute approximate surface area is 189 Å². The lowest BCUT2D eigenvalue weighted by molar-refractivity contribution is -0.137. The summed E-state index contributed by atoms with van der Waals surface area (Å²) in [5.74, 6) is -0.297. The summed E-state index contributed by atoms with van der Waals surface area (Å²) < 4.78 is 71.8. The summed E-state index contributed by atoms with van der Waals surface area (Å²) in [4.78, 5) is 12.6. The Kier molecular flexibility index (Phi) is 6.97. The van der Waals surface area contributed by atoms with Crippen LogP contribution in [0.1, 0.15) is 11.1 Å². The summed E-state index contributed by atoms with van der Waals surface area (Å²) in [5, 5.41) is 2.34. The fourth-order valence-electron chi connectivity index (χ4n) is 3.15. The van der Waals surface area contributed by atoms with E-state index in [1.165, 1.54) is 43.5 Å². The largest absolute Gasteiger partial charge is 0.496 e. The van der Waals surface area contributed by atoms with Gasteiger partial charge in [-0.3, -0.25) is 9.10 Å². The SMILES string of the molecule is COc1ccc(S(=O)(=O)N(CC(=O)Nc2cccc(C(F)(F)F)c2)c2ccccc2)cc1C. The topological polar surface area (TPSA) is 75.7 Å². The number of sulfonamides is 1. The van der Waals surface area contributed by atoms with Gasteiger partial charge >= 0.3 is 6.18 Å². The van der Waals surface area contributed by atoms with Gasteiger partial charge in [0, 0.05) is 5.69 Å². The Morgan fingerprint density at radius 1 is 1.00 bits per heavy atom. The minimum Gasteiger partial charge on any atom is -0.496 e. The van der Waals surface area contributed by atoms with E-state index in [0.717, 1.165) is 22.5 Å². The molecule has 1 amide bonds. The third kappa shape index (κ3) is 5.64. The lowest BCUT2D eigenvalue weighted by Gasteiger charge is -2.24. The van der Waals surface area contributed by atoms with Gasteiger partial charge in [0.25, 0.3) is 10.0 Å². The van der Waals surface area contributed by atoms with Gasteiger partial charge < -0.3 is 10.1 Å². The number of hydrogen-bond donors (Lipinski definition) is 1. The second-order valence-electron chi connectivity index (χ2n) is 7.11. The fraction of sp³-hybridized carbons (Fsp3) is 0.174. The van der Waals surface area contributed by atoms with E-state index in [9.17, 15) is 26.4 Å². The minimum absolute atomic E-state index is 0.0588. The van der Waals surface area contributed by atoms with E-state index in [4.69, 9.17) is 4.74 Å². The van der Waals surface area contributed by atoms with E-state index in [0.29, 0.717) is 11.3 Å². The molecule has 0 spiro atoms. The van der Waals surface area contributed by atoms with Gasteiger partial charge in [0.15, 0.2) is 0 Å². The number of rotatable bonds is 7. The zero-order valence-corrected chi connectivity index (χ0v) is 18.6. The summed E-state index contributed by atoms with van der Waals surface area (Å²) in [6, 6.07) is 16.4. The molecule has 0 atom stereocenters. The second kappa shape index (κ2) is 9.53. The third-order valence-corrected chi connectivity index (χ3v) is 6.53. The first-order valence-electron chi connectivity index (χ1n) is 9.72. The molecule has 0 saturated heterocycles. The Morgan fingerprint density at radius 3 is 2.30 bits per heavy atom. The molecular weight excluding hydrogens is 457 g/mol. The van der Waals surface area contributed by atoms with Crippen LogP contribution in [0.4, 0.5) is 24.5 Å². The number of benzene rings is 3. The average molecular weight is 478 g/mol. The van der Waals surface area contributed by atoms with E-state index in [2.05, 4.69) is 5.32 Å². The highest BCUT2D eigenvalue weighted by Crippen LogP contribution is 2.31. The van der Waals surface area contributed by atoms with Crippen LogP contribution in [-0.4, -0.2) is 28.0 Å². The van der Waals surface area contributed by atoms with Crippen molar-refractivity contribution >= 4 is 27.3 Å². The fourth-order valence-corrected chi connectivity index (χ4v) is 4.66. The summed E-state index contributed by atoms with van der Waals surface area (Å²) in [5.41, 5.74) is -0.216. The first kappa shape index (κ1) is 24.1. The normalized spacial score (nSPS) is 11.7. The highest BCUT2D eigenvalue weighted by atomic mass is 32.2. The van der Waals surface area contributed by atoms with Crippen LogP contribution in [0, 0.1) is 6.92 Å². The number of nitrogens with one attached hydrogen (secondary N) is 1. The van der Waals surface area contributed by atoms with Crippen molar-refractivity contribution in [3.05, 3.63) is 83.9 Å². The molecule has 1 N–H and O–H groups in total. The Balaban J connectivity index is 1.92. The summed E-state index contributed by atoms with van der Waals surface area (Å²) in [6.45, 7) is 1.04. The number of hydrogen-bond acceptors (Lipinski definition) is 4. The van der Waals surface area contributed by atoms with Gasteiger partial charge in [-0.1, -0.05) is 24.3 Å². The number of nitrogens with zero attached hydrogens (tertiary/aromatic N) is 1. The number of amides is 1. The van der Waals surface area contributed by atoms with Crippen LogP contribution >= 0.6 is 0 Å². The summed E-state index contributed by atoms with van der Waals surface area (Å²) in [7, 11) is -2.72. The summed E-state index contributed by atoms with van der Waals surface area (Å²) >= 11 is 0. The maximum atomic E-state index is 13.4. The van der Waals surface area contributed by atoms with Crippen LogP contribution in [-0.2, 0) is 21.0 Å². The van der Waals surface area contributed by atoms with Gasteiger partial charge in [-0.05, 0) is 61.0 Å². The van der Waals surface area contributed by atoms with E-state index in [1.54, 1.807) is 25.1 Å². The molecule has 6 nitrogen and oxygen atoms in total. The predicted molar refractivity (Wildman–Crippen MR) is 119 cm³/mol. The van der Waals surface area contributed by atoms with Crippen molar-refractivity contribution in [3.8, 4) is 5.75 Å². The van der Waals surface area contributed by atoms with Crippen LogP contribution in [0.25, 0.3) is 0 Å².